The lowest BCUT2D eigenvalue weighted by molar-refractivity contribution is -0.143. The minimum Gasteiger partial charge on any atom is -0.468 e. The van der Waals surface area contributed by atoms with Crippen LogP contribution in [0.4, 0.5) is 0 Å². The van der Waals surface area contributed by atoms with Gasteiger partial charge >= 0.3 is 5.97 Å². The second-order valence-electron chi connectivity index (χ2n) is 3.51. The summed E-state index contributed by atoms with van der Waals surface area (Å²) in [5.74, 6) is 0.395. The van der Waals surface area contributed by atoms with Crippen LogP contribution >= 0.6 is 11.8 Å². The molecule has 1 unspecified atom stereocenters. The van der Waals surface area contributed by atoms with Crippen molar-refractivity contribution in [2.45, 2.75) is 24.5 Å². The molecule has 2 N–H and O–H groups in total. The number of ether oxygens (including phenoxy) is 1. The van der Waals surface area contributed by atoms with Crippen LogP contribution in [0, 0.1) is 0 Å². The fraction of sp³-hybridized carbons (Fsp3) is 0.545. The van der Waals surface area contributed by atoms with Crippen molar-refractivity contribution in [1.82, 2.24) is 15.3 Å². The molecule has 0 fully saturated rings. The number of H-pyrrole nitrogens is 1. The molecule has 0 aromatic carbocycles. The van der Waals surface area contributed by atoms with Gasteiger partial charge in [0, 0.05) is 18.0 Å². The van der Waals surface area contributed by atoms with Crippen molar-refractivity contribution in [1.29, 1.82) is 0 Å². The summed E-state index contributed by atoms with van der Waals surface area (Å²) in [5.41, 5.74) is -0.177. The van der Waals surface area contributed by atoms with Gasteiger partial charge in [0.05, 0.1) is 7.11 Å². The molecular formula is C11H17N3O3S. The van der Waals surface area contributed by atoms with Crippen LogP contribution in [0.2, 0.25) is 0 Å². The van der Waals surface area contributed by atoms with E-state index in [0.717, 1.165) is 0 Å². The van der Waals surface area contributed by atoms with Crippen LogP contribution in [0.3, 0.4) is 0 Å². The highest BCUT2D eigenvalue weighted by molar-refractivity contribution is 7.99. The van der Waals surface area contributed by atoms with E-state index >= 15 is 0 Å². The monoisotopic (exact) mass is 271 g/mol. The van der Waals surface area contributed by atoms with Crippen LogP contribution in [-0.4, -0.2) is 41.4 Å². The van der Waals surface area contributed by atoms with Gasteiger partial charge in [-0.15, -0.1) is 0 Å². The number of nitrogens with one attached hydrogen (secondary N) is 2. The topological polar surface area (TPSA) is 84.1 Å². The van der Waals surface area contributed by atoms with Gasteiger partial charge in [-0.25, -0.2) is 4.98 Å². The van der Waals surface area contributed by atoms with E-state index < -0.39 is 0 Å². The molecule has 7 heteroatoms. The molecule has 0 saturated heterocycles. The second-order valence-corrected chi connectivity index (χ2v) is 4.59. The molecule has 0 spiro atoms. The average Bonchev–Trinajstić information content (AvgIpc) is 2.37. The predicted octanol–water partition coefficient (Wildman–Crippen LogP) is 0.403. The van der Waals surface area contributed by atoms with Crippen LogP contribution in [0.15, 0.2) is 22.2 Å². The molecule has 0 amide bonds. The Labute approximate surface area is 110 Å². The third-order valence-electron chi connectivity index (χ3n) is 2.23. The Bertz CT molecular complexity index is 436. The van der Waals surface area contributed by atoms with E-state index in [2.05, 4.69) is 15.3 Å². The van der Waals surface area contributed by atoms with E-state index in [1.807, 2.05) is 6.92 Å². The Morgan fingerprint density at radius 1 is 1.67 bits per heavy atom. The summed E-state index contributed by atoms with van der Waals surface area (Å²) in [7, 11) is 1.37. The first-order valence-electron chi connectivity index (χ1n) is 5.66. The average molecular weight is 271 g/mol. The number of aromatic nitrogens is 2. The molecule has 0 radical (unpaired) electrons. The molecule has 0 aliphatic heterocycles. The highest BCUT2D eigenvalue weighted by atomic mass is 32.2. The van der Waals surface area contributed by atoms with Gasteiger partial charge in [-0.2, -0.15) is 0 Å². The fourth-order valence-corrected chi connectivity index (χ4v) is 2.25. The Kier molecular flexibility index (Phi) is 6.45. The van der Waals surface area contributed by atoms with E-state index in [4.69, 9.17) is 4.74 Å². The molecule has 1 aromatic heterocycles. The third kappa shape index (κ3) is 4.89. The lowest BCUT2D eigenvalue weighted by Crippen LogP contribution is -2.37. The number of nitrogens with zero attached hydrogens (tertiary/aromatic N) is 1. The van der Waals surface area contributed by atoms with Crippen LogP contribution in [0.1, 0.15) is 13.3 Å². The highest BCUT2D eigenvalue weighted by Crippen LogP contribution is 2.12. The number of thioether (sulfide) groups is 1. The first-order valence-corrected chi connectivity index (χ1v) is 6.65. The standard InChI is InChI=1S/C11H17N3O3S/c1-3-12-8(10(16)17-2)5-7-18-11-13-6-4-9(15)14-11/h4,6,8,12H,3,5,7H2,1-2H3,(H,13,14,15). The number of carbonyl (C=O) groups is 1. The van der Waals surface area contributed by atoms with Gasteiger partial charge in [-0.3, -0.25) is 9.59 Å². The minimum absolute atomic E-state index is 0.177. The van der Waals surface area contributed by atoms with E-state index in [-0.39, 0.29) is 17.6 Å². The molecule has 1 atom stereocenters. The van der Waals surface area contributed by atoms with Gasteiger partial charge in [0.2, 0.25) is 0 Å². The molecule has 0 bridgehead atoms. The highest BCUT2D eigenvalue weighted by Gasteiger charge is 2.17. The maximum atomic E-state index is 11.4. The molecule has 100 valence electrons. The maximum Gasteiger partial charge on any atom is 0.322 e. The number of rotatable bonds is 7. The van der Waals surface area contributed by atoms with E-state index in [0.29, 0.717) is 23.9 Å². The van der Waals surface area contributed by atoms with Gasteiger partial charge in [0.1, 0.15) is 6.04 Å². The number of carbonyl (C=O) groups excluding carboxylic acids is 1. The fourth-order valence-electron chi connectivity index (χ4n) is 1.39. The largest absolute Gasteiger partial charge is 0.468 e. The quantitative estimate of drug-likeness (QED) is 0.424. The van der Waals surface area contributed by atoms with Crippen molar-refractivity contribution in [3.05, 3.63) is 22.6 Å². The van der Waals surface area contributed by atoms with Crippen molar-refractivity contribution in [3.63, 3.8) is 0 Å². The summed E-state index contributed by atoms with van der Waals surface area (Å²) in [6.07, 6.45) is 2.08. The molecule has 1 rings (SSSR count). The summed E-state index contributed by atoms with van der Waals surface area (Å²) in [5, 5.41) is 3.61. The zero-order chi connectivity index (χ0) is 13.4. The third-order valence-corrected chi connectivity index (χ3v) is 3.15. The van der Waals surface area contributed by atoms with Crippen molar-refractivity contribution in [3.8, 4) is 0 Å². The zero-order valence-electron chi connectivity index (χ0n) is 10.4. The molecule has 18 heavy (non-hydrogen) atoms. The number of aromatic amines is 1. The summed E-state index contributed by atoms with van der Waals surface area (Å²) in [4.78, 5) is 29.1. The van der Waals surface area contributed by atoms with Gasteiger partial charge in [-0.1, -0.05) is 18.7 Å². The lowest BCUT2D eigenvalue weighted by Gasteiger charge is -2.14. The number of esters is 1. The van der Waals surface area contributed by atoms with Gasteiger partial charge in [0.15, 0.2) is 5.16 Å². The Balaban J connectivity index is 2.43. The summed E-state index contributed by atoms with van der Waals surface area (Å²) >= 11 is 1.40. The van der Waals surface area contributed by atoms with E-state index in [1.54, 1.807) is 0 Å². The van der Waals surface area contributed by atoms with Crippen LogP contribution in [0.25, 0.3) is 0 Å². The van der Waals surface area contributed by atoms with Crippen LogP contribution < -0.4 is 10.9 Å². The zero-order valence-corrected chi connectivity index (χ0v) is 11.3. The molecule has 0 saturated carbocycles. The van der Waals surface area contributed by atoms with Crippen molar-refractivity contribution < 1.29 is 9.53 Å². The Hall–Kier alpha value is -1.34. The molecule has 0 aliphatic carbocycles. The molecule has 1 aromatic rings. The van der Waals surface area contributed by atoms with Crippen molar-refractivity contribution >= 4 is 17.7 Å². The number of methoxy groups -OCH3 is 1. The van der Waals surface area contributed by atoms with Crippen molar-refractivity contribution in [2.24, 2.45) is 0 Å². The summed E-state index contributed by atoms with van der Waals surface area (Å²) in [6, 6.07) is 1.04. The van der Waals surface area contributed by atoms with E-state index in [1.165, 1.54) is 31.1 Å². The van der Waals surface area contributed by atoms with Gasteiger partial charge in [0.25, 0.3) is 5.56 Å². The van der Waals surface area contributed by atoms with Gasteiger partial charge in [-0.05, 0) is 13.0 Å². The van der Waals surface area contributed by atoms with Crippen LogP contribution in [-0.2, 0) is 9.53 Å². The first kappa shape index (κ1) is 14.7. The summed E-state index contributed by atoms with van der Waals surface area (Å²) < 4.78 is 4.70. The Morgan fingerprint density at radius 3 is 3.06 bits per heavy atom. The normalized spacial score (nSPS) is 12.1. The molecule has 6 nitrogen and oxygen atoms in total. The second kappa shape index (κ2) is 7.88. The minimum atomic E-state index is -0.317. The molecular weight excluding hydrogens is 254 g/mol. The van der Waals surface area contributed by atoms with Crippen molar-refractivity contribution in [2.75, 3.05) is 19.4 Å². The summed E-state index contributed by atoms with van der Waals surface area (Å²) in [6.45, 7) is 2.63. The molecule has 0 aliphatic rings. The predicted molar refractivity (Wildman–Crippen MR) is 69.7 cm³/mol. The number of hydrogen-bond donors (Lipinski definition) is 2. The smallest absolute Gasteiger partial charge is 0.322 e. The Morgan fingerprint density at radius 2 is 2.44 bits per heavy atom. The SMILES string of the molecule is CCNC(CCSc1nccc(=O)[nH]1)C(=O)OC. The lowest BCUT2D eigenvalue weighted by atomic mass is 10.2. The van der Waals surface area contributed by atoms with E-state index in [9.17, 15) is 9.59 Å². The number of hydrogen-bond acceptors (Lipinski definition) is 6. The van der Waals surface area contributed by atoms with Crippen LogP contribution in [0.5, 0.6) is 0 Å². The maximum absolute atomic E-state index is 11.4. The molecule has 1 heterocycles. The van der Waals surface area contributed by atoms with Gasteiger partial charge < -0.3 is 15.0 Å². The number of likely N-dealkylation sites (N-methyl/N-ethyl adjacent to an activating group) is 1. The first-order chi connectivity index (χ1) is 8.67.